The molecule has 3 heterocycles. The van der Waals surface area contributed by atoms with Crippen molar-refractivity contribution in [3.05, 3.63) is 40.9 Å². The van der Waals surface area contributed by atoms with Crippen molar-refractivity contribution in [3.8, 4) is 5.75 Å². The van der Waals surface area contributed by atoms with Gasteiger partial charge in [-0.3, -0.25) is 14.5 Å². The first kappa shape index (κ1) is 20.7. The van der Waals surface area contributed by atoms with Gasteiger partial charge in [-0.2, -0.15) is 0 Å². The Hall–Kier alpha value is -3.53. The van der Waals surface area contributed by atoms with E-state index in [9.17, 15) is 14.4 Å². The number of carbonyl (C=O) groups excluding carboxylic acids is 3. The predicted octanol–water partition coefficient (Wildman–Crippen LogP) is 2.18. The molecule has 4 rings (SSSR count). The van der Waals surface area contributed by atoms with Crippen LogP contribution in [0.5, 0.6) is 5.75 Å². The Balaban J connectivity index is 1.28. The Bertz CT molecular complexity index is 1050. The fourth-order valence-electron chi connectivity index (χ4n) is 3.32. The van der Waals surface area contributed by atoms with Crippen LogP contribution >= 0.6 is 11.6 Å². The number of anilines is 3. The van der Waals surface area contributed by atoms with Gasteiger partial charge >= 0.3 is 6.09 Å². The maximum Gasteiger partial charge on any atom is 0.415 e. The third kappa shape index (κ3) is 4.48. The molecule has 0 spiro atoms. The lowest BCUT2D eigenvalue weighted by Crippen LogP contribution is -2.29. The number of pyridine rings is 1. The van der Waals surface area contributed by atoms with Gasteiger partial charge in [0.05, 0.1) is 22.8 Å². The van der Waals surface area contributed by atoms with Crippen LogP contribution in [0.15, 0.2) is 30.3 Å². The number of nitrogens with zero attached hydrogens (tertiary/aromatic N) is 2. The van der Waals surface area contributed by atoms with E-state index in [2.05, 4.69) is 15.6 Å². The minimum absolute atomic E-state index is 0.0672. The lowest BCUT2D eigenvalue weighted by Gasteiger charge is -2.19. The molecule has 2 aliphatic rings. The Labute approximate surface area is 182 Å². The zero-order chi connectivity index (χ0) is 22.0. The number of nitrogens with one attached hydrogen (secondary N) is 2. The molecular formula is C20H20ClN5O5. The molecule has 1 unspecified atom stereocenters. The van der Waals surface area contributed by atoms with Crippen LogP contribution in [0.4, 0.5) is 22.1 Å². The number of rotatable bonds is 6. The Kier molecular flexibility index (Phi) is 5.81. The smallest absolute Gasteiger partial charge is 0.415 e. The van der Waals surface area contributed by atoms with Gasteiger partial charge in [0.2, 0.25) is 0 Å². The van der Waals surface area contributed by atoms with Crippen molar-refractivity contribution in [2.75, 3.05) is 35.6 Å². The van der Waals surface area contributed by atoms with E-state index in [-0.39, 0.29) is 36.0 Å². The molecule has 0 aliphatic carbocycles. The number of fused-ring (bicyclic) bond motifs is 1. The molecule has 1 fully saturated rings. The Morgan fingerprint density at radius 2 is 2.16 bits per heavy atom. The minimum atomic E-state index is -0.517. The van der Waals surface area contributed by atoms with E-state index in [1.165, 1.54) is 4.90 Å². The third-order valence-corrected chi connectivity index (χ3v) is 5.23. The Morgan fingerprint density at radius 1 is 1.32 bits per heavy atom. The first-order valence-corrected chi connectivity index (χ1v) is 10.0. The standard InChI is InChI=1S/C20H20ClN5O5/c21-13-5-1-4-12(17(13)22)19(28)23-8-2-3-11-9-26(20(29)31-11)15-7-6-14-18(24-15)25-16(27)10-30-14/h1,4-7,11H,2-3,8-10,22H2,(H,23,28)(H,24,25,27). The summed E-state index contributed by atoms with van der Waals surface area (Å²) in [5.74, 6) is 0.464. The number of hydrogen-bond acceptors (Lipinski definition) is 7. The molecule has 4 N–H and O–H groups in total. The summed E-state index contributed by atoms with van der Waals surface area (Å²) < 4.78 is 10.7. The summed E-state index contributed by atoms with van der Waals surface area (Å²) in [6.07, 6.45) is 0.290. The lowest BCUT2D eigenvalue weighted by atomic mass is 10.1. The summed E-state index contributed by atoms with van der Waals surface area (Å²) in [5, 5.41) is 5.72. The van der Waals surface area contributed by atoms with Crippen LogP contribution in [-0.4, -0.2) is 48.7 Å². The quantitative estimate of drug-likeness (QED) is 0.458. The highest BCUT2D eigenvalue weighted by Crippen LogP contribution is 2.30. The maximum absolute atomic E-state index is 12.3. The van der Waals surface area contributed by atoms with Gasteiger partial charge in [0.1, 0.15) is 11.9 Å². The minimum Gasteiger partial charge on any atom is -0.480 e. The van der Waals surface area contributed by atoms with E-state index in [0.717, 1.165) is 0 Å². The van der Waals surface area contributed by atoms with Gasteiger partial charge < -0.3 is 25.8 Å². The zero-order valence-electron chi connectivity index (χ0n) is 16.4. The normalized spacial score (nSPS) is 17.5. The second-order valence-electron chi connectivity index (χ2n) is 7.07. The number of cyclic esters (lactones) is 1. The molecule has 1 saturated heterocycles. The lowest BCUT2D eigenvalue weighted by molar-refractivity contribution is -0.118. The summed E-state index contributed by atoms with van der Waals surface area (Å²) in [4.78, 5) is 41.7. The molecule has 162 valence electrons. The monoisotopic (exact) mass is 445 g/mol. The Morgan fingerprint density at radius 3 is 3.00 bits per heavy atom. The highest BCUT2D eigenvalue weighted by Gasteiger charge is 2.33. The highest BCUT2D eigenvalue weighted by molar-refractivity contribution is 6.33. The number of para-hydroxylation sites is 1. The number of carbonyl (C=O) groups is 3. The van der Waals surface area contributed by atoms with Crippen molar-refractivity contribution in [1.82, 2.24) is 10.3 Å². The largest absolute Gasteiger partial charge is 0.480 e. The van der Waals surface area contributed by atoms with E-state index in [1.807, 2.05) is 0 Å². The molecule has 31 heavy (non-hydrogen) atoms. The van der Waals surface area contributed by atoms with Crippen molar-refractivity contribution in [2.45, 2.75) is 18.9 Å². The molecule has 11 heteroatoms. The van der Waals surface area contributed by atoms with Gasteiger partial charge in [-0.15, -0.1) is 0 Å². The van der Waals surface area contributed by atoms with E-state index in [4.69, 9.17) is 26.8 Å². The zero-order valence-corrected chi connectivity index (χ0v) is 17.1. The number of nitrogens with two attached hydrogens (primary N) is 1. The molecule has 2 aliphatic heterocycles. The molecule has 0 bridgehead atoms. The summed E-state index contributed by atoms with van der Waals surface area (Å²) in [7, 11) is 0. The van der Waals surface area contributed by atoms with Crippen molar-refractivity contribution < 1.29 is 23.9 Å². The fraction of sp³-hybridized carbons (Fsp3) is 0.300. The second-order valence-corrected chi connectivity index (χ2v) is 7.48. The molecule has 10 nitrogen and oxygen atoms in total. The number of amides is 3. The van der Waals surface area contributed by atoms with Crippen LogP contribution in [0.3, 0.4) is 0 Å². The molecular weight excluding hydrogens is 426 g/mol. The average molecular weight is 446 g/mol. The van der Waals surface area contributed by atoms with E-state index >= 15 is 0 Å². The van der Waals surface area contributed by atoms with Crippen LogP contribution in [0.25, 0.3) is 0 Å². The number of ether oxygens (including phenoxy) is 2. The van der Waals surface area contributed by atoms with Crippen LogP contribution in [0.2, 0.25) is 5.02 Å². The average Bonchev–Trinajstić information content (AvgIpc) is 3.13. The molecule has 2 aromatic rings. The van der Waals surface area contributed by atoms with Crippen molar-refractivity contribution in [2.24, 2.45) is 0 Å². The summed E-state index contributed by atoms with van der Waals surface area (Å²) in [5.41, 5.74) is 6.39. The third-order valence-electron chi connectivity index (χ3n) is 4.90. The van der Waals surface area contributed by atoms with E-state index in [1.54, 1.807) is 30.3 Å². The van der Waals surface area contributed by atoms with Gasteiger partial charge in [0.15, 0.2) is 18.2 Å². The first-order valence-electron chi connectivity index (χ1n) is 9.66. The summed E-state index contributed by atoms with van der Waals surface area (Å²) in [6.45, 7) is 0.635. The van der Waals surface area contributed by atoms with Crippen LogP contribution in [-0.2, 0) is 9.53 Å². The van der Waals surface area contributed by atoms with Gasteiger partial charge in [-0.25, -0.2) is 9.78 Å². The fourth-order valence-corrected chi connectivity index (χ4v) is 3.50. The molecule has 0 saturated carbocycles. The number of halogens is 1. The number of nitrogen functional groups attached to an aromatic ring is 1. The maximum atomic E-state index is 12.3. The van der Waals surface area contributed by atoms with Gasteiger partial charge in [-0.05, 0) is 37.1 Å². The van der Waals surface area contributed by atoms with Gasteiger partial charge in [0, 0.05) is 6.54 Å². The van der Waals surface area contributed by atoms with Gasteiger partial charge in [-0.1, -0.05) is 17.7 Å². The number of hydrogen-bond donors (Lipinski definition) is 3. The van der Waals surface area contributed by atoms with Crippen LogP contribution in [0.1, 0.15) is 23.2 Å². The van der Waals surface area contributed by atoms with Crippen LogP contribution in [0, 0.1) is 0 Å². The first-order chi connectivity index (χ1) is 14.9. The number of benzene rings is 1. The summed E-state index contributed by atoms with van der Waals surface area (Å²) in [6, 6.07) is 8.16. The van der Waals surface area contributed by atoms with Crippen molar-refractivity contribution >= 4 is 46.8 Å². The van der Waals surface area contributed by atoms with Crippen molar-refractivity contribution in [1.29, 1.82) is 0 Å². The van der Waals surface area contributed by atoms with E-state index in [0.29, 0.717) is 48.1 Å². The topological polar surface area (TPSA) is 136 Å². The van der Waals surface area contributed by atoms with Crippen molar-refractivity contribution in [3.63, 3.8) is 0 Å². The molecule has 1 aromatic heterocycles. The van der Waals surface area contributed by atoms with E-state index < -0.39 is 6.09 Å². The predicted molar refractivity (Wildman–Crippen MR) is 113 cm³/mol. The second kappa shape index (κ2) is 8.68. The van der Waals surface area contributed by atoms with Crippen LogP contribution < -0.4 is 26.0 Å². The van der Waals surface area contributed by atoms with Gasteiger partial charge in [0.25, 0.3) is 11.8 Å². The number of aromatic nitrogens is 1. The molecule has 1 aromatic carbocycles. The summed E-state index contributed by atoms with van der Waals surface area (Å²) >= 11 is 5.94. The molecule has 1 atom stereocenters. The SMILES string of the molecule is Nc1c(Cl)cccc1C(=O)NCCCC1CN(c2ccc3c(n2)NC(=O)CO3)C(=O)O1. The molecule has 3 amide bonds. The highest BCUT2D eigenvalue weighted by atomic mass is 35.5. The molecule has 0 radical (unpaired) electrons.